The topological polar surface area (TPSA) is 400 Å². The average molecular weight is 1340 g/mol. The highest BCUT2D eigenvalue weighted by molar-refractivity contribution is 8.14. The highest BCUT2D eigenvalue weighted by Gasteiger charge is 2.45. The highest BCUT2D eigenvalue weighted by atomic mass is 32.2. The number of benzene rings is 3. The Kier molecular flexibility index (Phi) is 30.7. The molecule has 0 saturated heterocycles. The molecule has 0 saturated carbocycles. The number of aliphatic carboxylic acids is 3. The van der Waals surface area contributed by atoms with E-state index in [-0.39, 0.29) is 65.6 Å². The summed E-state index contributed by atoms with van der Waals surface area (Å²) in [5.41, 5.74) is 6.28. The molecule has 5 rings (SSSR count). The van der Waals surface area contributed by atoms with Crippen molar-refractivity contribution in [2.24, 2.45) is 0 Å². The monoisotopic (exact) mass is 1340 g/mol. The van der Waals surface area contributed by atoms with Gasteiger partial charge in [0, 0.05) is 93.2 Å². The van der Waals surface area contributed by atoms with Gasteiger partial charge in [0.25, 0.3) is 0 Å². The van der Waals surface area contributed by atoms with Gasteiger partial charge in [-0.3, -0.25) is 38.4 Å². The minimum absolute atomic E-state index is 0.000413. The molecular formula is C68H92N9O17S+. The minimum Gasteiger partial charge on any atom is -0.481 e. The van der Waals surface area contributed by atoms with Crippen LogP contribution in [0.1, 0.15) is 136 Å². The first-order chi connectivity index (χ1) is 45.2. The lowest BCUT2D eigenvalue weighted by Gasteiger charge is -2.27. The number of carboxylic acid groups (broad SMARTS) is 3. The summed E-state index contributed by atoms with van der Waals surface area (Å²) in [4.78, 5) is 136. The first-order valence-corrected chi connectivity index (χ1v) is 33.0. The quantitative estimate of drug-likeness (QED) is 0.0214. The number of carbonyl (C=O) groups is 11. The van der Waals surface area contributed by atoms with E-state index in [1.807, 2.05) is 24.3 Å². The Hall–Kier alpha value is -8.79. The molecule has 2 heterocycles. The second kappa shape index (κ2) is 37.9. The number of thioether (sulfide) groups is 1. The maximum Gasteiger partial charge on any atom is 0.326 e. The molecule has 2 aliphatic heterocycles. The van der Waals surface area contributed by atoms with Crippen LogP contribution in [0.2, 0.25) is 0 Å². The van der Waals surface area contributed by atoms with Crippen molar-refractivity contribution >= 4 is 104 Å². The highest BCUT2D eigenvalue weighted by Crippen LogP contribution is 2.48. The number of rotatable bonds is 41. The Morgan fingerprint density at radius 3 is 1.85 bits per heavy atom. The Bertz CT molecular complexity index is 3380. The molecule has 0 spiro atoms. The summed E-state index contributed by atoms with van der Waals surface area (Å²) in [5, 5.41) is 75.5. The second-order valence-corrected chi connectivity index (χ2v) is 25.5. The van der Waals surface area contributed by atoms with Crippen molar-refractivity contribution in [1.29, 1.82) is 0 Å². The standard InChI is InChI=1S/C68H91N9O17S/c1-43(81)95-42-58(84)71-51(40-79)62(88)73-52(41-80)63(89)72-50(39-78)61(87)70-36-34-45(82)22-9-7-19-37-76-53-26-16-15-24-47(53)67(2,3)55(76)27-10-6-11-28-56-68(4,5)60-46-23-14-13-21-44(46)30-32-54(60)77(56)38-20-8-12-29-57(83)69-35-18-17-25-48(64(90)91)74-66(94)75-49(65(92)93)31-33-59(85)86/h6,10-11,13-16,21,23-24,26-28,30,32,48-52,78-80H,7-9,12,17-20,22,25,29,31,33-42H2,1-5H3,(H9-,69,70,71,72,73,74,75,83,84,85,86,87,88,89,90,91,92,93,94)/p+1/t48-,49-,50+,51+,52+/m0/s1. The number of anilines is 1. The van der Waals surface area contributed by atoms with Crippen molar-refractivity contribution in [2.45, 2.75) is 166 Å². The predicted octanol–water partition coefficient (Wildman–Crippen LogP) is 4.27. The molecule has 95 heavy (non-hydrogen) atoms. The van der Waals surface area contributed by atoms with Crippen LogP contribution in [-0.4, -0.2) is 187 Å². The lowest BCUT2D eigenvalue weighted by molar-refractivity contribution is -0.438. The van der Waals surface area contributed by atoms with Crippen LogP contribution in [-0.2, 0) is 58.8 Å². The number of carbonyl (C=O) groups excluding carboxylic acids is 8. The Labute approximate surface area is 556 Å². The molecule has 0 aromatic heterocycles. The zero-order chi connectivity index (χ0) is 69.8. The van der Waals surface area contributed by atoms with E-state index in [1.165, 1.54) is 23.4 Å². The van der Waals surface area contributed by atoms with Crippen LogP contribution in [0.3, 0.4) is 0 Å². The van der Waals surface area contributed by atoms with Crippen LogP contribution in [0.25, 0.3) is 10.8 Å². The number of urea groups is 1. The number of allylic oxidation sites excluding steroid dienone is 6. The summed E-state index contributed by atoms with van der Waals surface area (Å²) >= 11 is 0.685. The lowest BCUT2D eigenvalue weighted by Crippen LogP contribution is -2.59. The van der Waals surface area contributed by atoms with E-state index in [2.05, 4.69) is 141 Å². The summed E-state index contributed by atoms with van der Waals surface area (Å²) < 4.78 is 2.38. The van der Waals surface area contributed by atoms with Gasteiger partial charge in [-0.2, -0.15) is 4.58 Å². The van der Waals surface area contributed by atoms with Gasteiger partial charge in [-0.1, -0.05) is 92.7 Å². The van der Waals surface area contributed by atoms with E-state index >= 15 is 0 Å². The number of hydrogen-bond donors (Lipinski definition) is 13. The van der Waals surface area contributed by atoms with E-state index in [0.717, 1.165) is 53.9 Å². The molecule has 0 bridgehead atoms. The number of carboxylic acids is 3. The fraction of sp³-hybridized carbons (Fsp3) is 0.500. The number of aliphatic hydroxyl groups is 3. The molecule has 0 aliphatic carbocycles. The van der Waals surface area contributed by atoms with E-state index < -0.39 is 104 Å². The fourth-order valence-electron chi connectivity index (χ4n) is 11.6. The van der Waals surface area contributed by atoms with E-state index in [9.17, 15) is 78.3 Å². The lowest BCUT2D eigenvalue weighted by atomic mass is 9.79. The fourth-order valence-corrected chi connectivity index (χ4v) is 12.0. The number of aliphatic hydroxyl groups excluding tert-OH is 3. The number of unbranched alkanes of at least 4 members (excludes halogenated alkanes) is 5. The zero-order valence-corrected chi connectivity index (χ0v) is 55.4. The first-order valence-electron chi connectivity index (χ1n) is 32.0. The third-order valence-electron chi connectivity index (χ3n) is 16.6. The molecule has 0 unspecified atom stereocenters. The van der Waals surface area contributed by atoms with Crippen molar-refractivity contribution in [3.05, 3.63) is 108 Å². The number of Topliss-reactive ketones (excluding diaryl/α,β-unsaturated/α-hetero) is 1. The Morgan fingerprint density at radius 2 is 1.19 bits per heavy atom. The predicted molar refractivity (Wildman–Crippen MR) is 358 cm³/mol. The van der Waals surface area contributed by atoms with Gasteiger partial charge in [0.1, 0.15) is 42.5 Å². The molecule has 7 amide bonds. The van der Waals surface area contributed by atoms with Gasteiger partial charge in [-0.25, -0.2) is 14.4 Å². The average Bonchev–Trinajstić information content (AvgIpc) is 1.59. The molecule has 27 heteroatoms. The van der Waals surface area contributed by atoms with Crippen molar-refractivity contribution < 1.29 is 88.0 Å². The van der Waals surface area contributed by atoms with Crippen LogP contribution in [0.5, 0.6) is 0 Å². The molecule has 516 valence electrons. The number of nitrogens with one attached hydrogen (secondary N) is 7. The molecule has 3 aromatic carbocycles. The second-order valence-electron chi connectivity index (χ2n) is 24.4. The molecule has 2 aliphatic rings. The van der Waals surface area contributed by atoms with E-state index in [1.54, 1.807) is 0 Å². The van der Waals surface area contributed by atoms with Crippen molar-refractivity contribution in [3.8, 4) is 0 Å². The summed E-state index contributed by atoms with van der Waals surface area (Å²) in [6.07, 6.45) is 15.4. The Balaban J connectivity index is 1.11. The van der Waals surface area contributed by atoms with Crippen molar-refractivity contribution in [1.82, 2.24) is 37.2 Å². The van der Waals surface area contributed by atoms with Gasteiger partial charge in [0.15, 0.2) is 10.8 Å². The van der Waals surface area contributed by atoms with Gasteiger partial charge < -0.3 is 72.8 Å². The summed E-state index contributed by atoms with van der Waals surface area (Å²) in [5.74, 6) is -8.17. The third kappa shape index (κ3) is 23.0. The van der Waals surface area contributed by atoms with Gasteiger partial charge in [-0.05, 0) is 99.8 Å². The Morgan fingerprint density at radius 1 is 0.568 bits per heavy atom. The number of para-hydroxylation sites is 1. The molecule has 26 nitrogen and oxygen atoms in total. The van der Waals surface area contributed by atoms with Crippen LogP contribution in [0.15, 0.2) is 96.7 Å². The van der Waals surface area contributed by atoms with Gasteiger partial charge >= 0.3 is 23.9 Å². The van der Waals surface area contributed by atoms with Gasteiger partial charge in [0.2, 0.25) is 35.2 Å². The molecule has 0 radical (unpaired) electrons. The zero-order valence-electron chi connectivity index (χ0n) is 54.6. The van der Waals surface area contributed by atoms with Crippen LogP contribution < -0.4 is 42.1 Å². The van der Waals surface area contributed by atoms with E-state index in [4.69, 9.17) is 5.11 Å². The summed E-state index contributed by atoms with van der Waals surface area (Å²) in [7, 11) is 0. The maximum atomic E-state index is 13.0. The van der Waals surface area contributed by atoms with Crippen LogP contribution >= 0.6 is 11.8 Å². The summed E-state index contributed by atoms with van der Waals surface area (Å²) in [6.45, 7) is 9.16. The van der Waals surface area contributed by atoms with Crippen molar-refractivity contribution in [2.75, 3.05) is 56.7 Å². The van der Waals surface area contributed by atoms with Gasteiger partial charge in [-0.15, -0.1) is 0 Å². The summed E-state index contributed by atoms with van der Waals surface area (Å²) in [6, 6.07) is 12.5. The van der Waals surface area contributed by atoms with Crippen molar-refractivity contribution in [3.63, 3.8) is 0 Å². The molecule has 5 atom stereocenters. The number of fused-ring (bicyclic) bond motifs is 4. The number of hydrogen-bond acceptors (Lipinski definition) is 16. The molecule has 0 fully saturated rings. The number of nitrogens with zero attached hydrogens (tertiary/aromatic N) is 2. The van der Waals surface area contributed by atoms with Crippen LogP contribution in [0.4, 0.5) is 16.2 Å². The van der Waals surface area contributed by atoms with E-state index in [0.29, 0.717) is 63.5 Å². The smallest absolute Gasteiger partial charge is 0.326 e. The normalized spacial score (nSPS) is 15.7. The maximum absolute atomic E-state index is 13.0. The molecular weight excluding hydrogens is 1250 g/mol. The third-order valence-corrected chi connectivity index (χ3v) is 17.4. The molecule has 3 aromatic rings. The SMILES string of the molecule is CC(=O)SCC(=O)N[C@H](CO)C(=O)N[C@H](CO)C(=O)N[C@H](CO)C(=O)NCCC(=O)CCCCCN1/C(=C/C=C/C=C/C2=[N+](CCCCCC(=O)NCCCC[C@H](NC(=O)N[C@@H](CCC(=O)O)C(=O)O)C(=O)O)c3ccc4ccccc4c3C2(C)C)C(C)(C)c2ccccc21. The minimum atomic E-state index is -1.63. The van der Waals surface area contributed by atoms with Gasteiger partial charge in [0.05, 0.1) is 31.0 Å². The number of ketones is 1. The number of amides is 7. The molecule has 13 N–H and O–H groups in total. The van der Waals surface area contributed by atoms with Crippen LogP contribution in [0, 0.1) is 0 Å². The first kappa shape index (κ1) is 76.9. The largest absolute Gasteiger partial charge is 0.481 e.